The maximum Gasteiger partial charge on any atom is 0.342 e. The molecule has 30 heavy (non-hydrogen) atoms. The highest BCUT2D eigenvalue weighted by Crippen LogP contribution is 2.37. The van der Waals surface area contributed by atoms with Gasteiger partial charge in [-0.05, 0) is 36.8 Å². The molecule has 3 aromatic rings. The topological polar surface area (TPSA) is 50.4 Å². The molecule has 1 aliphatic rings. The van der Waals surface area contributed by atoms with E-state index in [1.165, 1.54) is 11.1 Å². The van der Waals surface area contributed by atoms with Crippen LogP contribution in [-0.4, -0.2) is 5.11 Å². The van der Waals surface area contributed by atoms with E-state index >= 15 is 0 Å². The van der Waals surface area contributed by atoms with Gasteiger partial charge in [-0.3, -0.25) is 0 Å². The zero-order valence-corrected chi connectivity index (χ0v) is 17.0. The van der Waals surface area contributed by atoms with E-state index in [4.69, 9.17) is 4.42 Å². The zero-order chi connectivity index (χ0) is 20.8. The van der Waals surface area contributed by atoms with Gasteiger partial charge in [-0.1, -0.05) is 85.0 Å². The van der Waals surface area contributed by atoms with E-state index in [1.807, 2.05) is 60.7 Å². The standard InChI is InChI=1S/C27H26O3/c28-25-18-23(15-14-21-10-4-1-5-11-21)30-26(29)24(25)20-27(16-8-3-9-17-27)19-22-12-6-2-7-13-22/h1-13,16,18,28H,14-15,17,19-20H2. The van der Waals surface area contributed by atoms with Crippen molar-refractivity contribution in [1.29, 1.82) is 0 Å². The third-order valence-corrected chi connectivity index (χ3v) is 5.73. The number of aromatic hydroxyl groups is 1. The highest BCUT2D eigenvalue weighted by molar-refractivity contribution is 5.34. The lowest BCUT2D eigenvalue weighted by atomic mass is 9.72. The zero-order valence-electron chi connectivity index (χ0n) is 17.0. The molecule has 1 N–H and O–H groups in total. The van der Waals surface area contributed by atoms with Crippen molar-refractivity contribution in [2.45, 2.75) is 32.1 Å². The van der Waals surface area contributed by atoms with Gasteiger partial charge < -0.3 is 9.52 Å². The highest BCUT2D eigenvalue weighted by atomic mass is 16.4. The molecule has 3 heteroatoms. The minimum absolute atomic E-state index is 0.0321. The molecule has 4 rings (SSSR count). The van der Waals surface area contributed by atoms with Crippen LogP contribution in [0.1, 0.15) is 28.9 Å². The molecule has 0 radical (unpaired) electrons. The Hall–Kier alpha value is -3.33. The monoisotopic (exact) mass is 398 g/mol. The molecule has 1 aromatic heterocycles. The van der Waals surface area contributed by atoms with Crippen LogP contribution >= 0.6 is 0 Å². The van der Waals surface area contributed by atoms with E-state index in [2.05, 4.69) is 24.3 Å². The molecule has 3 nitrogen and oxygen atoms in total. The molecule has 0 amide bonds. The largest absolute Gasteiger partial charge is 0.507 e. The van der Waals surface area contributed by atoms with Crippen molar-refractivity contribution in [2.24, 2.45) is 5.41 Å². The molecule has 0 bridgehead atoms. The maximum absolute atomic E-state index is 12.8. The molecule has 0 saturated carbocycles. The molecular formula is C27H26O3. The van der Waals surface area contributed by atoms with Crippen molar-refractivity contribution in [3.05, 3.63) is 124 Å². The summed E-state index contributed by atoms with van der Waals surface area (Å²) in [6.07, 6.45) is 11.7. The predicted molar refractivity (Wildman–Crippen MR) is 120 cm³/mol. The first-order valence-corrected chi connectivity index (χ1v) is 10.4. The fraction of sp³-hybridized carbons (Fsp3) is 0.222. The second kappa shape index (κ2) is 9.00. The molecule has 1 atom stereocenters. The fourth-order valence-electron chi connectivity index (χ4n) is 4.14. The molecular weight excluding hydrogens is 372 g/mol. The van der Waals surface area contributed by atoms with Gasteiger partial charge in [0, 0.05) is 17.9 Å². The first kappa shape index (κ1) is 20.0. The lowest BCUT2D eigenvalue weighted by Gasteiger charge is -2.31. The second-order valence-electron chi connectivity index (χ2n) is 8.04. The number of aryl methyl sites for hydroxylation is 2. The number of allylic oxidation sites excluding steroid dienone is 4. The minimum Gasteiger partial charge on any atom is -0.507 e. The Labute approximate surface area is 177 Å². The third-order valence-electron chi connectivity index (χ3n) is 5.73. The lowest BCUT2D eigenvalue weighted by Crippen LogP contribution is -2.28. The van der Waals surface area contributed by atoms with Crippen LogP contribution in [0.4, 0.5) is 0 Å². The van der Waals surface area contributed by atoms with Gasteiger partial charge in [0.15, 0.2) is 0 Å². The molecule has 152 valence electrons. The highest BCUT2D eigenvalue weighted by Gasteiger charge is 2.31. The number of hydrogen-bond acceptors (Lipinski definition) is 3. The summed E-state index contributed by atoms with van der Waals surface area (Å²) in [6, 6.07) is 21.9. The van der Waals surface area contributed by atoms with Gasteiger partial charge in [0.25, 0.3) is 0 Å². The van der Waals surface area contributed by atoms with Gasteiger partial charge in [-0.2, -0.15) is 0 Å². The number of benzene rings is 2. The van der Waals surface area contributed by atoms with Crippen LogP contribution in [0.3, 0.4) is 0 Å². The lowest BCUT2D eigenvalue weighted by molar-refractivity contribution is 0.348. The van der Waals surface area contributed by atoms with Crippen LogP contribution in [0.15, 0.2) is 100 Å². The average Bonchev–Trinajstić information content (AvgIpc) is 2.77. The van der Waals surface area contributed by atoms with Crippen LogP contribution < -0.4 is 5.63 Å². The summed E-state index contributed by atoms with van der Waals surface area (Å²) in [5.41, 5.74) is 2.04. The van der Waals surface area contributed by atoms with Crippen molar-refractivity contribution in [3.8, 4) is 5.75 Å². The smallest absolute Gasteiger partial charge is 0.342 e. The molecule has 1 unspecified atom stereocenters. The Bertz CT molecular complexity index is 1090. The van der Waals surface area contributed by atoms with E-state index < -0.39 is 5.63 Å². The molecule has 0 saturated heterocycles. The summed E-state index contributed by atoms with van der Waals surface area (Å²) in [4.78, 5) is 12.8. The molecule has 1 heterocycles. The first-order chi connectivity index (χ1) is 14.6. The predicted octanol–water partition coefficient (Wildman–Crippen LogP) is 5.42. The number of hydrogen-bond donors (Lipinski definition) is 1. The second-order valence-corrected chi connectivity index (χ2v) is 8.04. The van der Waals surface area contributed by atoms with Crippen molar-refractivity contribution < 1.29 is 9.52 Å². The van der Waals surface area contributed by atoms with Crippen molar-refractivity contribution in [3.63, 3.8) is 0 Å². The summed E-state index contributed by atoms with van der Waals surface area (Å²) in [7, 11) is 0. The number of rotatable bonds is 7. The SMILES string of the molecule is O=c1oc(CCc2ccccc2)cc(O)c1CC1(Cc2ccccc2)C=CC=CC1. The molecule has 0 fully saturated rings. The van der Waals surface area contributed by atoms with E-state index in [0.717, 1.165) is 19.3 Å². The average molecular weight is 399 g/mol. The minimum atomic E-state index is -0.437. The van der Waals surface area contributed by atoms with Crippen molar-refractivity contribution >= 4 is 0 Å². The van der Waals surface area contributed by atoms with E-state index in [0.29, 0.717) is 24.2 Å². The first-order valence-electron chi connectivity index (χ1n) is 10.4. The van der Waals surface area contributed by atoms with Gasteiger partial charge in [0.05, 0.1) is 5.56 Å². The summed E-state index contributed by atoms with van der Waals surface area (Å²) < 4.78 is 5.59. The summed E-state index contributed by atoms with van der Waals surface area (Å²) in [5, 5.41) is 10.7. The van der Waals surface area contributed by atoms with Crippen LogP contribution in [-0.2, 0) is 25.7 Å². The molecule has 1 aliphatic carbocycles. The van der Waals surface area contributed by atoms with E-state index in [9.17, 15) is 9.90 Å². The summed E-state index contributed by atoms with van der Waals surface area (Å²) >= 11 is 0. The molecule has 2 aromatic carbocycles. The van der Waals surface area contributed by atoms with Crippen LogP contribution in [0.25, 0.3) is 0 Å². The van der Waals surface area contributed by atoms with Gasteiger partial charge in [0.2, 0.25) is 0 Å². The van der Waals surface area contributed by atoms with Gasteiger partial charge >= 0.3 is 5.63 Å². The summed E-state index contributed by atoms with van der Waals surface area (Å²) in [5.74, 6) is 0.547. The van der Waals surface area contributed by atoms with Crippen molar-refractivity contribution in [2.75, 3.05) is 0 Å². The van der Waals surface area contributed by atoms with Crippen LogP contribution in [0, 0.1) is 5.41 Å². The normalized spacial score (nSPS) is 17.9. The van der Waals surface area contributed by atoms with Gasteiger partial charge in [-0.25, -0.2) is 4.79 Å². The van der Waals surface area contributed by atoms with E-state index in [1.54, 1.807) is 6.07 Å². The Morgan fingerprint density at radius 2 is 1.57 bits per heavy atom. The Balaban J connectivity index is 1.55. The Morgan fingerprint density at radius 3 is 2.20 bits per heavy atom. The Kier molecular flexibility index (Phi) is 5.99. The van der Waals surface area contributed by atoms with Crippen molar-refractivity contribution in [1.82, 2.24) is 0 Å². The third kappa shape index (κ3) is 4.80. The van der Waals surface area contributed by atoms with Crippen LogP contribution in [0.5, 0.6) is 5.75 Å². The van der Waals surface area contributed by atoms with Gasteiger partial charge in [0.1, 0.15) is 11.5 Å². The quantitative estimate of drug-likeness (QED) is 0.578. The fourth-order valence-corrected chi connectivity index (χ4v) is 4.14. The molecule has 0 spiro atoms. The summed E-state index contributed by atoms with van der Waals surface area (Å²) in [6.45, 7) is 0. The maximum atomic E-state index is 12.8. The van der Waals surface area contributed by atoms with Crippen LogP contribution in [0.2, 0.25) is 0 Å². The Morgan fingerprint density at radius 1 is 0.867 bits per heavy atom. The van der Waals surface area contributed by atoms with E-state index in [-0.39, 0.29) is 11.2 Å². The van der Waals surface area contributed by atoms with Gasteiger partial charge in [-0.15, -0.1) is 0 Å². The molecule has 0 aliphatic heterocycles.